The smallest absolute Gasteiger partial charge is 0.178 e. The van der Waals surface area contributed by atoms with Gasteiger partial charge in [0.2, 0.25) is 0 Å². The number of fused-ring (bicyclic) bond motifs is 3. The zero-order valence-corrected chi connectivity index (χ0v) is 23.6. The van der Waals surface area contributed by atoms with E-state index in [-0.39, 0.29) is 11.0 Å². The fourth-order valence-electron chi connectivity index (χ4n) is 6.29. The van der Waals surface area contributed by atoms with E-state index in [4.69, 9.17) is 32.5 Å². The lowest BCUT2D eigenvalue weighted by Crippen LogP contribution is -2.46. The average Bonchev–Trinajstić information content (AvgIpc) is 3.53. The van der Waals surface area contributed by atoms with Crippen molar-refractivity contribution in [1.29, 1.82) is 0 Å². The summed E-state index contributed by atoms with van der Waals surface area (Å²) < 4.78 is 12.6. The van der Waals surface area contributed by atoms with Crippen LogP contribution >= 0.6 is 23.2 Å². The number of aromatic nitrogens is 6. The quantitative estimate of drug-likeness (QED) is 0.222. The molecule has 0 aliphatic heterocycles. The summed E-state index contributed by atoms with van der Waals surface area (Å²) in [5.41, 5.74) is 4.86. The standard InChI is InChI=1S/C30H30Cl2N6O2/c31-23-16-33-17-24(32)26(23)27-22(28(40-36-27)21-5-6-21)18-39-30-12-9-29(10-13-30,11-14-30)8-7-19-1-3-20(4-2-19)15-25-34-37-38-35-25/h1-4,7-8,16-17,21H,5-6,9-15,18H2,(H,34,35,37,38)/b8-7+. The minimum absolute atomic E-state index is 0.104. The molecule has 0 saturated heterocycles. The highest BCUT2D eigenvalue weighted by Gasteiger charge is 2.48. The number of H-pyrrole nitrogens is 1. The molecule has 0 spiro atoms. The van der Waals surface area contributed by atoms with Crippen molar-refractivity contribution in [2.24, 2.45) is 5.41 Å². The number of rotatable bonds is 9. The molecule has 0 unspecified atom stereocenters. The maximum Gasteiger partial charge on any atom is 0.178 e. The Hall–Kier alpha value is -3.07. The Balaban J connectivity index is 1.02. The summed E-state index contributed by atoms with van der Waals surface area (Å²) in [5.74, 6) is 2.02. The predicted octanol–water partition coefficient (Wildman–Crippen LogP) is 7.35. The van der Waals surface area contributed by atoms with Crippen molar-refractivity contribution in [3.8, 4) is 11.3 Å². The van der Waals surface area contributed by atoms with Crippen LogP contribution in [0.1, 0.15) is 85.6 Å². The third kappa shape index (κ3) is 5.08. The van der Waals surface area contributed by atoms with Gasteiger partial charge in [-0.05, 0) is 67.9 Å². The first kappa shape index (κ1) is 25.9. The zero-order valence-electron chi connectivity index (χ0n) is 22.1. The summed E-state index contributed by atoms with van der Waals surface area (Å²) >= 11 is 13.0. The summed E-state index contributed by atoms with van der Waals surface area (Å²) in [4.78, 5) is 4.09. The number of hydrogen-bond acceptors (Lipinski definition) is 7. The second kappa shape index (κ2) is 10.4. The van der Waals surface area contributed by atoms with Gasteiger partial charge in [-0.1, -0.05) is 70.0 Å². The van der Waals surface area contributed by atoms with Crippen LogP contribution < -0.4 is 0 Å². The molecule has 3 heterocycles. The Morgan fingerprint density at radius 2 is 1.73 bits per heavy atom. The predicted molar refractivity (Wildman–Crippen MR) is 152 cm³/mol. The summed E-state index contributed by atoms with van der Waals surface area (Å²) in [5, 5.41) is 19.6. The second-order valence-electron chi connectivity index (χ2n) is 11.5. The topological polar surface area (TPSA) is 103 Å². The number of ether oxygens (including phenoxy) is 1. The molecule has 4 fully saturated rings. The van der Waals surface area contributed by atoms with Crippen molar-refractivity contribution >= 4 is 29.3 Å². The van der Waals surface area contributed by atoms with Crippen LogP contribution in [0.25, 0.3) is 17.3 Å². The normalized spacial score (nSPS) is 24.2. The molecule has 4 aliphatic rings. The lowest BCUT2D eigenvalue weighted by Gasteiger charge is -2.52. The van der Waals surface area contributed by atoms with Gasteiger partial charge >= 0.3 is 0 Å². The van der Waals surface area contributed by atoms with E-state index in [9.17, 15) is 0 Å². The molecule has 1 N–H and O–H groups in total. The first-order valence-corrected chi connectivity index (χ1v) is 14.7. The molecule has 4 saturated carbocycles. The molecule has 10 heteroatoms. The van der Waals surface area contributed by atoms with Crippen molar-refractivity contribution < 1.29 is 9.26 Å². The van der Waals surface area contributed by atoms with Gasteiger partial charge in [0, 0.05) is 35.9 Å². The van der Waals surface area contributed by atoms with E-state index in [1.807, 2.05) is 0 Å². The maximum atomic E-state index is 6.78. The van der Waals surface area contributed by atoms with Crippen LogP contribution in [0.15, 0.2) is 47.3 Å². The maximum absolute atomic E-state index is 6.78. The molecule has 8 nitrogen and oxygen atoms in total. The van der Waals surface area contributed by atoms with Gasteiger partial charge in [0.1, 0.15) is 11.5 Å². The summed E-state index contributed by atoms with van der Waals surface area (Å²) in [7, 11) is 0. The average molecular weight is 578 g/mol. The van der Waals surface area contributed by atoms with Gasteiger partial charge in [0.05, 0.1) is 22.3 Å². The number of halogens is 2. The van der Waals surface area contributed by atoms with E-state index in [2.05, 4.69) is 67.2 Å². The lowest BCUT2D eigenvalue weighted by atomic mass is 9.58. The number of pyridine rings is 1. The van der Waals surface area contributed by atoms with Crippen LogP contribution in [0.4, 0.5) is 0 Å². The van der Waals surface area contributed by atoms with Gasteiger partial charge in [-0.15, -0.1) is 10.2 Å². The number of nitrogens with one attached hydrogen (secondary N) is 1. The second-order valence-corrected chi connectivity index (χ2v) is 12.4. The number of aromatic amines is 1. The number of benzene rings is 1. The molecule has 3 aromatic heterocycles. The van der Waals surface area contributed by atoms with Gasteiger partial charge in [0.15, 0.2) is 5.82 Å². The van der Waals surface area contributed by atoms with Crippen molar-refractivity contribution in [3.05, 3.63) is 81.1 Å². The summed E-state index contributed by atoms with van der Waals surface area (Å²) in [6.07, 6.45) is 17.4. The van der Waals surface area contributed by atoms with Crippen molar-refractivity contribution in [2.75, 3.05) is 0 Å². The van der Waals surface area contributed by atoms with Gasteiger partial charge in [-0.3, -0.25) is 4.98 Å². The molecule has 8 rings (SSSR count). The third-order valence-electron chi connectivity index (χ3n) is 8.98. The largest absolute Gasteiger partial charge is 0.370 e. The molecule has 0 atom stereocenters. The van der Waals surface area contributed by atoms with Crippen LogP contribution in [0.2, 0.25) is 10.0 Å². The molecular formula is C30H30Cl2N6O2. The van der Waals surface area contributed by atoms with E-state index in [0.717, 1.165) is 62.7 Å². The molecule has 4 aliphatic carbocycles. The number of tetrazole rings is 1. The van der Waals surface area contributed by atoms with E-state index in [0.29, 0.717) is 46.1 Å². The lowest BCUT2D eigenvalue weighted by molar-refractivity contribution is -0.133. The SMILES string of the molecule is Clc1cncc(Cl)c1-c1noc(C2CC2)c1COC12CCC(/C=C/c3ccc(Cc4nn[nH]n4)cc3)(CC1)CC2. The van der Waals surface area contributed by atoms with Crippen LogP contribution in [-0.2, 0) is 17.8 Å². The molecular weight excluding hydrogens is 547 g/mol. The van der Waals surface area contributed by atoms with Gasteiger partial charge in [-0.25, -0.2) is 0 Å². The zero-order chi connectivity index (χ0) is 27.2. The minimum atomic E-state index is -0.104. The Labute approximate surface area is 242 Å². The number of hydrogen-bond donors (Lipinski definition) is 1. The fourth-order valence-corrected chi connectivity index (χ4v) is 6.84. The Kier molecular flexibility index (Phi) is 6.72. The van der Waals surface area contributed by atoms with Crippen LogP contribution in [0.3, 0.4) is 0 Å². The van der Waals surface area contributed by atoms with Crippen LogP contribution in [-0.4, -0.2) is 36.4 Å². The van der Waals surface area contributed by atoms with Crippen molar-refractivity contribution in [2.45, 2.75) is 75.9 Å². The first-order valence-electron chi connectivity index (χ1n) is 13.9. The Morgan fingerprint density at radius 3 is 2.38 bits per heavy atom. The van der Waals surface area contributed by atoms with Gasteiger partial charge < -0.3 is 9.26 Å². The van der Waals surface area contributed by atoms with Gasteiger partial charge in [0.25, 0.3) is 0 Å². The third-order valence-corrected chi connectivity index (χ3v) is 9.55. The van der Waals surface area contributed by atoms with E-state index in [1.165, 1.54) is 11.1 Å². The highest BCUT2D eigenvalue weighted by atomic mass is 35.5. The molecule has 40 heavy (non-hydrogen) atoms. The molecule has 206 valence electrons. The van der Waals surface area contributed by atoms with Gasteiger partial charge in [-0.2, -0.15) is 5.21 Å². The molecule has 0 amide bonds. The molecule has 4 aromatic rings. The van der Waals surface area contributed by atoms with Crippen LogP contribution in [0.5, 0.6) is 0 Å². The highest BCUT2D eigenvalue weighted by molar-refractivity contribution is 6.38. The van der Waals surface area contributed by atoms with Crippen molar-refractivity contribution in [1.82, 2.24) is 30.8 Å². The number of allylic oxidation sites excluding steroid dienone is 1. The molecule has 0 radical (unpaired) electrons. The summed E-state index contributed by atoms with van der Waals surface area (Å²) in [6.45, 7) is 0.457. The summed E-state index contributed by atoms with van der Waals surface area (Å²) in [6, 6.07) is 8.60. The Bertz CT molecular complexity index is 1480. The number of nitrogens with zero attached hydrogens (tertiary/aromatic N) is 5. The first-order chi connectivity index (χ1) is 19.5. The highest BCUT2D eigenvalue weighted by Crippen LogP contribution is 2.55. The monoisotopic (exact) mass is 576 g/mol. The Morgan fingerprint density at radius 1 is 1.00 bits per heavy atom. The van der Waals surface area contributed by atoms with Crippen molar-refractivity contribution in [3.63, 3.8) is 0 Å². The molecule has 1 aromatic carbocycles. The minimum Gasteiger partial charge on any atom is -0.370 e. The van der Waals surface area contributed by atoms with E-state index < -0.39 is 0 Å². The van der Waals surface area contributed by atoms with E-state index >= 15 is 0 Å². The van der Waals surface area contributed by atoms with Crippen LogP contribution in [0, 0.1) is 5.41 Å². The fraction of sp³-hybridized carbons (Fsp3) is 0.433. The van der Waals surface area contributed by atoms with E-state index in [1.54, 1.807) is 12.4 Å². The molecule has 2 bridgehead atoms.